The van der Waals surface area contributed by atoms with Gasteiger partial charge in [0.2, 0.25) is 0 Å². The van der Waals surface area contributed by atoms with Crippen LogP contribution in [0.3, 0.4) is 0 Å². The average Bonchev–Trinajstić information content (AvgIpc) is 3.28. The molecule has 1 aliphatic rings. The maximum Gasteiger partial charge on any atom is 0.256 e. The summed E-state index contributed by atoms with van der Waals surface area (Å²) in [4.78, 5) is 26.6. The Labute approximate surface area is 188 Å². The first-order valence-corrected chi connectivity index (χ1v) is 11.2. The molecule has 1 aliphatic heterocycles. The number of amides is 1. The van der Waals surface area contributed by atoms with Crippen molar-refractivity contribution in [2.45, 2.75) is 0 Å². The van der Waals surface area contributed by atoms with Crippen LogP contribution in [0.15, 0.2) is 60.2 Å². The Morgan fingerprint density at radius 3 is 2.50 bits per heavy atom. The van der Waals surface area contributed by atoms with Crippen molar-refractivity contribution >= 4 is 33.3 Å². The number of thiophene rings is 1. The number of methoxy groups -OCH3 is 1. The molecule has 6 nitrogen and oxygen atoms in total. The molecular weight excluding hydrogens is 427 g/mol. The van der Waals surface area contributed by atoms with Crippen LogP contribution in [0.4, 0.5) is 10.2 Å². The van der Waals surface area contributed by atoms with Crippen LogP contribution in [0, 0.1) is 5.82 Å². The Kier molecular flexibility index (Phi) is 5.45. The normalized spacial score (nSPS) is 14.1. The lowest BCUT2D eigenvalue weighted by atomic mass is 10.1. The van der Waals surface area contributed by atoms with Gasteiger partial charge in [-0.1, -0.05) is 24.3 Å². The number of carbonyl (C=O) groups excluding carboxylic acids is 1. The summed E-state index contributed by atoms with van der Waals surface area (Å²) >= 11 is 1.59. The summed E-state index contributed by atoms with van der Waals surface area (Å²) in [6, 6.07) is 14.1. The van der Waals surface area contributed by atoms with Crippen molar-refractivity contribution in [3.8, 4) is 16.9 Å². The SMILES string of the molecule is COc1ccc(-c2csc3ncnc(N4CCN(C(=O)c5ccccc5F)CC4)c23)cc1. The van der Waals surface area contributed by atoms with Crippen molar-refractivity contribution < 1.29 is 13.9 Å². The van der Waals surface area contributed by atoms with E-state index in [9.17, 15) is 9.18 Å². The third-order valence-electron chi connectivity index (χ3n) is 5.72. The molecule has 32 heavy (non-hydrogen) atoms. The molecule has 0 unspecified atom stereocenters. The molecule has 5 rings (SSSR count). The Balaban J connectivity index is 1.40. The van der Waals surface area contributed by atoms with Crippen molar-refractivity contribution in [2.24, 2.45) is 0 Å². The van der Waals surface area contributed by atoms with Crippen LogP contribution in [0.5, 0.6) is 5.75 Å². The lowest BCUT2D eigenvalue weighted by molar-refractivity contribution is 0.0742. The highest BCUT2D eigenvalue weighted by Crippen LogP contribution is 2.38. The molecule has 0 radical (unpaired) electrons. The van der Waals surface area contributed by atoms with Crippen LogP contribution in [0.1, 0.15) is 10.4 Å². The van der Waals surface area contributed by atoms with Crippen LogP contribution in [-0.4, -0.2) is 54.1 Å². The zero-order chi connectivity index (χ0) is 22.1. The number of anilines is 1. The topological polar surface area (TPSA) is 58.6 Å². The molecule has 162 valence electrons. The summed E-state index contributed by atoms with van der Waals surface area (Å²) in [7, 11) is 1.65. The number of rotatable bonds is 4. The van der Waals surface area contributed by atoms with Crippen LogP contribution in [-0.2, 0) is 0 Å². The lowest BCUT2D eigenvalue weighted by Gasteiger charge is -2.35. The molecule has 1 saturated heterocycles. The molecule has 1 amide bonds. The van der Waals surface area contributed by atoms with E-state index in [0.29, 0.717) is 26.2 Å². The standard InChI is InChI=1S/C24H21FN4O2S/c1-31-17-8-6-16(7-9-17)19-14-32-23-21(19)22(26-15-27-23)28-10-12-29(13-11-28)24(30)18-4-2-3-5-20(18)25/h2-9,14-15H,10-13H2,1H3. The minimum Gasteiger partial charge on any atom is -0.497 e. The summed E-state index contributed by atoms with van der Waals surface area (Å²) in [6.45, 7) is 2.23. The van der Waals surface area contributed by atoms with Gasteiger partial charge in [-0.25, -0.2) is 14.4 Å². The molecule has 3 heterocycles. The first-order chi connectivity index (χ1) is 15.7. The number of benzene rings is 2. The number of piperazine rings is 1. The molecule has 0 atom stereocenters. The van der Waals surface area contributed by atoms with Gasteiger partial charge in [-0.05, 0) is 29.8 Å². The number of fused-ring (bicyclic) bond motifs is 1. The zero-order valence-electron chi connectivity index (χ0n) is 17.5. The Hall–Kier alpha value is -3.52. The largest absolute Gasteiger partial charge is 0.497 e. The molecule has 0 spiro atoms. The quantitative estimate of drug-likeness (QED) is 0.461. The van der Waals surface area contributed by atoms with Gasteiger partial charge >= 0.3 is 0 Å². The number of aromatic nitrogens is 2. The molecule has 0 aliphatic carbocycles. The zero-order valence-corrected chi connectivity index (χ0v) is 18.3. The molecule has 0 bridgehead atoms. The molecule has 2 aromatic carbocycles. The third kappa shape index (κ3) is 3.67. The number of hydrogen-bond acceptors (Lipinski definition) is 6. The molecule has 1 fully saturated rings. The van der Waals surface area contributed by atoms with Gasteiger partial charge in [0.05, 0.1) is 18.1 Å². The van der Waals surface area contributed by atoms with E-state index in [1.54, 1.807) is 41.8 Å². The predicted octanol–water partition coefficient (Wildman–Crippen LogP) is 4.47. The van der Waals surface area contributed by atoms with Gasteiger partial charge < -0.3 is 14.5 Å². The van der Waals surface area contributed by atoms with Crippen LogP contribution >= 0.6 is 11.3 Å². The minimum absolute atomic E-state index is 0.116. The highest BCUT2D eigenvalue weighted by molar-refractivity contribution is 7.17. The van der Waals surface area contributed by atoms with Crippen LogP contribution < -0.4 is 9.64 Å². The summed E-state index contributed by atoms with van der Waals surface area (Å²) < 4.78 is 19.3. The molecule has 0 N–H and O–H groups in total. The van der Waals surface area contributed by atoms with Gasteiger partial charge in [-0.15, -0.1) is 11.3 Å². The maximum absolute atomic E-state index is 14.0. The van der Waals surface area contributed by atoms with Crippen LogP contribution in [0.25, 0.3) is 21.3 Å². The van der Waals surface area contributed by atoms with Crippen molar-refractivity contribution in [2.75, 3.05) is 38.2 Å². The number of hydrogen-bond donors (Lipinski definition) is 0. The second-order valence-corrected chi connectivity index (χ2v) is 8.37. The van der Waals surface area contributed by atoms with E-state index in [0.717, 1.165) is 32.9 Å². The minimum atomic E-state index is -0.486. The fourth-order valence-electron chi connectivity index (χ4n) is 4.01. The summed E-state index contributed by atoms with van der Waals surface area (Å²) in [5.41, 5.74) is 2.26. The van der Waals surface area contributed by atoms with Crippen molar-refractivity contribution in [3.05, 3.63) is 71.6 Å². The van der Waals surface area contributed by atoms with E-state index in [2.05, 4.69) is 20.2 Å². The summed E-state index contributed by atoms with van der Waals surface area (Å²) in [6.07, 6.45) is 1.59. The second kappa shape index (κ2) is 8.55. The van der Waals surface area contributed by atoms with Gasteiger partial charge in [0, 0.05) is 37.1 Å². The summed E-state index contributed by atoms with van der Waals surface area (Å²) in [5.74, 6) is 0.908. The monoisotopic (exact) mass is 448 g/mol. The van der Waals surface area contributed by atoms with E-state index >= 15 is 0 Å². The van der Waals surface area contributed by atoms with Gasteiger partial charge in [-0.2, -0.15) is 0 Å². The van der Waals surface area contributed by atoms with Crippen molar-refractivity contribution in [1.29, 1.82) is 0 Å². The Bertz CT molecular complexity index is 1270. The first-order valence-electron chi connectivity index (χ1n) is 10.3. The van der Waals surface area contributed by atoms with Gasteiger partial charge in [-0.3, -0.25) is 4.79 Å². The number of nitrogens with zero attached hydrogens (tertiary/aromatic N) is 4. The highest BCUT2D eigenvalue weighted by Gasteiger charge is 2.26. The van der Waals surface area contributed by atoms with Crippen LogP contribution in [0.2, 0.25) is 0 Å². The summed E-state index contributed by atoms with van der Waals surface area (Å²) in [5, 5.41) is 3.11. The maximum atomic E-state index is 14.0. The van der Waals surface area contributed by atoms with E-state index in [1.807, 2.05) is 24.3 Å². The van der Waals surface area contributed by atoms with E-state index in [1.165, 1.54) is 12.1 Å². The number of halogens is 1. The fourth-order valence-corrected chi connectivity index (χ4v) is 4.92. The Morgan fingerprint density at radius 2 is 1.78 bits per heavy atom. The molecule has 4 aromatic rings. The van der Waals surface area contributed by atoms with Gasteiger partial charge in [0.25, 0.3) is 5.91 Å². The van der Waals surface area contributed by atoms with Crippen molar-refractivity contribution in [3.63, 3.8) is 0 Å². The van der Waals surface area contributed by atoms with E-state index < -0.39 is 5.82 Å². The lowest BCUT2D eigenvalue weighted by Crippen LogP contribution is -2.49. The molecule has 0 saturated carbocycles. The second-order valence-electron chi connectivity index (χ2n) is 7.51. The van der Waals surface area contributed by atoms with E-state index in [4.69, 9.17) is 4.74 Å². The average molecular weight is 449 g/mol. The number of ether oxygens (including phenoxy) is 1. The number of carbonyl (C=O) groups is 1. The predicted molar refractivity (Wildman–Crippen MR) is 124 cm³/mol. The molecule has 2 aromatic heterocycles. The van der Waals surface area contributed by atoms with Gasteiger partial charge in [0.15, 0.2) is 0 Å². The Morgan fingerprint density at radius 1 is 1.03 bits per heavy atom. The first kappa shape index (κ1) is 20.4. The smallest absolute Gasteiger partial charge is 0.256 e. The van der Waals surface area contributed by atoms with Gasteiger partial charge in [0.1, 0.15) is 28.5 Å². The third-order valence-corrected chi connectivity index (χ3v) is 6.61. The molecule has 8 heteroatoms. The highest BCUT2D eigenvalue weighted by atomic mass is 32.1. The fraction of sp³-hybridized carbons (Fsp3) is 0.208. The van der Waals surface area contributed by atoms with Crippen molar-refractivity contribution in [1.82, 2.24) is 14.9 Å². The molecular formula is C24H21FN4O2S. The van der Waals surface area contributed by atoms with E-state index in [-0.39, 0.29) is 11.5 Å².